The molecule has 0 spiro atoms. The molecule has 5 nitrogen and oxygen atoms in total. The molecule has 6 heteroatoms. The lowest BCUT2D eigenvalue weighted by molar-refractivity contribution is -0.123. The number of benzene rings is 1. The van der Waals surface area contributed by atoms with Crippen LogP contribution in [0.15, 0.2) is 24.3 Å². The summed E-state index contributed by atoms with van der Waals surface area (Å²) in [7, 11) is 0. The van der Waals surface area contributed by atoms with E-state index in [9.17, 15) is 14.0 Å². The smallest absolute Gasteiger partial charge is 0.234 e. The third-order valence-electron chi connectivity index (χ3n) is 3.60. The van der Waals surface area contributed by atoms with Crippen LogP contribution in [0.25, 0.3) is 0 Å². The molecule has 2 rings (SSSR count). The Hall–Kier alpha value is -1.95. The van der Waals surface area contributed by atoms with Crippen LogP contribution in [0.5, 0.6) is 0 Å². The van der Waals surface area contributed by atoms with E-state index in [1.165, 1.54) is 6.07 Å². The highest BCUT2D eigenvalue weighted by Gasteiger charge is 2.17. The van der Waals surface area contributed by atoms with Crippen molar-refractivity contribution in [2.45, 2.75) is 6.42 Å². The molecule has 0 bridgehead atoms. The minimum atomic E-state index is -0.239. The Kier molecular flexibility index (Phi) is 5.68. The predicted octanol–water partition coefficient (Wildman–Crippen LogP) is 0.258. The maximum absolute atomic E-state index is 13.4. The van der Waals surface area contributed by atoms with E-state index in [1.54, 1.807) is 23.1 Å². The second-order valence-electron chi connectivity index (χ2n) is 5.11. The number of halogens is 1. The van der Waals surface area contributed by atoms with E-state index < -0.39 is 0 Å². The number of nitrogens with one attached hydrogen (secondary N) is 1. The SMILES string of the molecule is O=CN1CCN(CC(=O)NCCc2ccccc2F)CC1. The quantitative estimate of drug-likeness (QED) is 0.766. The molecule has 1 aromatic rings. The first-order chi connectivity index (χ1) is 10.2. The van der Waals surface area contributed by atoms with Crippen molar-refractivity contribution in [1.29, 1.82) is 0 Å². The molecule has 0 aromatic heterocycles. The van der Waals surface area contributed by atoms with E-state index in [4.69, 9.17) is 0 Å². The van der Waals surface area contributed by atoms with Gasteiger partial charge in [0.15, 0.2) is 0 Å². The van der Waals surface area contributed by atoms with Gasteiger partial charge in [-0.2, -0.15) is 0 Å². The van der Waals surface area contributed by atoms with Gasteiger partial charge in [0.1, 0.15) is 5.82 Å². The first kappa shape index (κ1) is 15.4. The normalized spacial score (nSPS) is 15.8. The van der Waals surface area contributed by atoms with E-state index in [-0.39, 0.29) is 11.7 Å². The van der Waals surface area contributed by atoms with E-state index in [0.29, 0.717) is 51.3 Å². The van der Waals surface area contributed by atoms with Crippen LogP contribution in [0, 0.1) is 5.82 Å². The summed E-state index contributed by atoms with van der Waals surface area (Å²) in [6.45, 7) is 3.48. The minimum Gasteiger partial charge on any atom is -0.355 e. The molecule has 1 fully saturated rings. The van der Waals surface area contributed by atoms with Crippen LogP contribution in [0.2, 0.25) is 0 Å². The first-order valence-corrected chi connectivity index (χ1v) is 7.11. The Labute approximate surface area is 123 Å². The third-order valence-corrected chi connectivity index (χ3v) is 3.60. The highest BCUT2D eigenvalue weighted by Crippen LogP contribution is 2.06. The Balaban J connectivity index is 1.66. The van der Waals surface area contributed by atoms with Crippen LogP contribution < -0.4 is 5.32 Å². The summed E-state index contributed by atoms with van der Waals surface area (Å²) in [5.41, 5.74) is 0.609. The fraction of sp³-hybridized carbons (Fsp3) is 0.467. The molecular formula is C15H20FN3O2. The molecule has 0 unspecified atom stereocenters. The lowest BCUT2D eigenvalue weighted by Crippen LogP contribution is -2.49. The molecule has 0 atom stereocenters. The van der Waals surface area contributed by atoms with Crippen LogP contribution in [-0.2, 0) is 16.0 Å². The molecule has 1 aromatic carbocycles. The van der Waals surface area contributed by atoms with E-state index in [0.717, 1.165) is 6.41 Å². The number of rotatable bonds is 6. The zero-order chi connectivity index (χ0) is 15.1. The number of piperazine rings is 1. The molecule has 21 heavy (non-hydrogen) atoms. The van der Waals surface area contributed by atoms with Gasteiger partial charge in [0.05, 0.1) is 6.54 Å². The number of carbonyl (C=O) groups is 2. The zero-order valence-corrected chi connectivity index (χ0v) is 11.9. The van der Waals surface area contributed by atoms with Crippen molar-refractivity contribution in [2.24, 2.45) is 0 Å². The second kappa shape index (κ2) is 7.73. The van der Waals surface area contributed by atoms with Gasteiger partial charge in [-0.15, -0.1) is 0 Å². The summed E-state index contributed by atoms with van der Waals surface area (Å²) >= 11 is 0. The lowest BCUT2D eigenvalue weighted by Gasteiger charge is -2.31. The number of hydrogen-bond acceptors (Lipinski definition) is 3. The molecule has 0 saturated carbocycles. The fourth-order valence-corrected chi connectivity index (χ4v) is 2.32. The molecular weight excluding hydrogens is 273 g/mol. The van der Waals surface area contributed by atoms with Crippen molar-refractivity contribution in [1.82, 2.24) is 15.1 Å². The molecule has 1 saturated heterocycles. The first-order valence-electron chi connectivity index (χ1n) is 7.11. The Morgan fingerprint density at radius 3 is 2.62 bits per heavy atom. The van der Waals surface area contributed by atoms with Gasteiger partial charge < -0.3 is 10.2 Å². The van der Waals surface area contributed by atoms with Crippen LogP contribution in [0.4, 0.5) is 4.39 Å². The van der Waals surface area contributed by atoms with Crippen LogP contribution >= 0.6 is 0 Å². The summed E-state index contributed by atoms with van der Waals surface area (Å²) in [6, 6.07) is 6.58. The van der Waals surface area contributed by atoms with Crippen molar-refractivity contribution < 1.29 is 14.0 Å². The van der Waals surface area contributed by atoms with Crippen LogP contribution in [0.1, 0.15) is 5.56 Å². The average Bonchev–Trinajstić information content (AvgIpc) is 2.50. The molecule has 1 heterocycles. The van der Waals surface area contributed by atoms with Crippen molar-refractivity contribution in [3.8, 4) is 0 Å². The molecule has 114 valence electrons. The molecule has 2 amide bonds. The van der Waals surface area contributed by atoms with Crippen molar-refractivity contribution in [2.75, 3.05) is 39.3 Å². The Morgan fingerprint density at radius 2 is 1.95 bits per heavy atom. The van der Waals surface area contributed by atoms with Gasteiger partial charge in [0.25, 0.3) is 0 Å². The lowest BCUT2D eigenvalue weighted by atomic mass is 10.1. The van der Waals surface area contributed by atoms with E-state index >= 15 is 0 Å². The fourth-order valence-electron chi connectivity index (χ4n) is 2.32. The van der Waals surface area contributed by atoms with Crippen molar-refractivity contribution in [3.63, 3.8) is 0 Å². The maximum atomic E-state index is 13.4. The van der Waals surface area contributed by atoms with E-state index in [2.05, 4.69) is 5.32 Å². The van der Waals surface area contributed by atoms with Crippen molar-refractivity contribution in [3.05, 3.63) is 35.6 Å². The molecule has 0 aliphatic carbocycles. The molecule has 1 aliphatic heterocycles. The third kappa shape index (κ3) is 4.82. The summed E-state index contributed by atoms with van der Waals surface area (Å²) in [4.78, 5) is 26.1. The highest BCUT2D eigenvalue weighted by atomic mass is 19.1. The van der Waals surface area contributed by atoms with Gasteiger partial charge in [0, 0.05) is 32.7 Å². The van der Waals surface area contributed by atoms with E-state index in [1.807, 2.05) is 4.90 Å². The summed E-state index contributed by atoms with van der Waals surface area (Å²) < 4.78 is 13.4. The Bertz CT molecular complexity index is 488. The largest absolute Gasteiger partial charge is 0.355 e. The van der Waals surface area contributed by atoms with Gasteiger partial charge in [-0.1, -0.05) is 18.2 Å². The van der Waals surface area contributed by atoms with Gasteiger partial charge in [-0.25, -0.2) is 4.39 Å². The number of carbonyl (C=O) groups excluding carboxylic acids is 2. The molecule has 0 radical (unpaired) electrons. The van der Waals surface area contributed by atoms with Gasteiger partial charge in [0.2, 0.25) is 12.3 Å². The van der Waals surface area contributed by atoms with Gasteiger partial charge >= 0.3 is 0 Å². The summed E-state index contributed by atoms with van der Waals surface area (Å²) in [5.74, 6) is -0.303. The second-order valence-corrected chi connectivity index (χ2v) is 5.11. The number of nitrogens with zero attached hydrogens (tertiary/aromatic N) is 2. The standard InChI is InChI=1S/C15H20FN3O2/c16-14-4-2-1-3-13(14)5-6-17-15(21)11-18-7-9-19(12-20)10-8-18/h1-4,12H,5-11H2,(H,17,21). The highest BCUT2D eigenvalue weighted by molar-refractivity contribution is 5.78. The molecule has 1 aliphatic rings. The van der Waals surface area contributed by atoms with Gasteiger partial charge in [-0.3, -0.25) is 14.5 Å². The predicted molar refractivity (Wildman–Crippen MR) is 77.2 cm³/mol. The Morgan fingerprint density at radius 1 is 1.24 bits per heavy atom. The molecule has 1 N–H and O–H groups in total. The van der Waals surface area contributed by atoms with Crippen LogP contribution in [0.3, 0.4) is 0 Å². The topological polar surface area (TPSA) is 52.7 Å². The summed E-state index contributed by atoms with van der Waals surface area (Å²) in [6.07, 6.45) is 1.32. The maximum Gasteiger partial charge on any atom is 0.234 e. The average molecular weight is 293 g/mol. The van der Waals surface area contributed by atoms with Crippen molar-refractivity contribution >= 4 is 12.3 Å². The monoisotopic (exact) mass is 293 g/mol. The number of hydrogen-bond donors (Lipinski definition) is 1. The number of amides is 2. The van der Waals surface area contributed by atoms with Crippen LogP contribution in [-0.4, -0.2) is 61.4 Å². The zero-order valence-electron chi connectivity index (χ0n) is 11.9. The minimum absolute atomic E-state index is 0.0640. The summed E-state index contributed by atoms with van der Waals surface area (Å²) in [5, 5.41) is 2.80. The van der Waals surface area contributed by atoms with Gasteiger partial charge in [-0.05, 0) is 18.1 Å².